The van der Waals surface area contributed by atoms with Crippen molar-refractivity contribution in [1.29, 1.82) is 0 Å². The van der Waals surface area contributed by atoms with Crippen LogP contribution in [-0.2, 0) is 16.0 Å². The minimum Gasteiger partial charge on any atom is -0.365 e. The monoisotopic (exact) mass is 575 g/mol. The maximum Gasteiger partial charge on any atom is 0.264 e. The summed E-state index contributed by atoms with van der Waals surface area (Å²) in [5.74, 6) is -0.320. The molecule has 4 rings (SSSR count). The number of halogens is 1. The van der Waals surface area contributed by atoms with Crippen molar-refractivity contribution in [3.8, 4) is 0 Å². The first-order valence-corrected chi connectivity index (χ1v) is 14.1. The molecule has 0 aromatic heterocycles. The Bertz CT molecular complexity index is 1520. The van der Waals surface area contributed by atoms with E-state index in [-0.39, 0.29) is 22.2 Å². The SMILES string of the molecule is CCSc1ccc(N(/N=C(\C)C(N)=O)C2=CCCc3ccc(NC(=O)c4cc(NC(C)=O)ccc4Cl)cc32)cc1. The van der Waals surface area contributed by atoms with Gasteiger partial charge in [0.15, 0.2) is 0 Å². The van der Waals surface area contributed by atoms with Gasteiger partial charge in [-0.3, -0.25) is 14.4 Å². The number of primary amides is 1. The van der Waals surface area contributed by atoms with Gasteiger partial charge < -0.3 is 16.4 Å². The van der Waals surface area contributed by atoms with Crippen LogP contribution in [0.5, 0.6) is 0 Å². The molecule has 0 aliphatic heterocycles. The van der Waals surface area contributed by atoms with Crippen molar-refractivity contribution in [1.82, 2.24) is 0 Å². The summed E-state index contributed by atoms with van der Waals surface area (Å²) in [6, 6.07) is 18.4. The van der Waals surface area contributed by atoms with Crippen LogP contribution in [0.4, 0.5) is 17.1 Å². The van der Waals surface area contributed by atoms with Crippen molar-refractivity contribution in [2.75, 3.05) is 21.4 Å². The molecule has 3 amide bonds. The van der Waals surface area contributed by atoms with E-state index in [1.54, 1.807) is 35.8 Å². The lowest BCUT2D eigenvalue weighted by molar-refractivity contribution is -0.114. The van der Waals surface area contributed by atoms with Crippen molar-refractivity contribution in [2.45, 2.75) is 38.5 Å². The fraction of sp³-hybridized carbons (Fsp3) is 0.200. The molecule has 8 nitrogen and oxygen atoms in total. The number of carbonyl (C=O) groups excluding carboxylic acids is 3. The van der Waals surface area contributed by atoms with Gasteiger partial charge in [-0.2, -0.15) is 5.10 Å². The second-order valence-electron chi connectivity index (χ2n) is 9.12. The van der Waals surface area contributed by atoms with E-state index in [0.29, 0.717) is 11.4 Å². The normalized spacial score (nSPS) is 12.7. The number of anilines is 3. The van der Waals surface area contributed by atoms with Gasteiger partial charge in [-0.1, -0.05) is 30.7 Å². The number of amides is 3. The van der Waals surface area contributed by atoms with E-state index in [1.807, 2.05) is 42.5 Å². The van der Waals surface area contributed by atoms with E-state index in [2.05, 4.69) is 28.7 Å². The molecule has 0 saturated carbocycles. The van der Waals surface area contributed by atoms with Gasteiger partial charge in [0.05, 0.1) is 22.0 Å². The molecular formula is C30H30ClN5O3S. The number of benzene rings is 3. The number of nitrogens with zero attached hydrogens (tertiary/aromatic N) is 2. The summed E-state index contributed by atoms with van der Waals surface area (Å²) in [4.78, 5) is 37.7. The zero-order valence-corrected chi connectivity index (χ0v) is 24.0. The number of thioether (sulfide) groups is 1. The van der Waals surface area contributed by atoms with E-state index in [4.69, 9.17) is 17.3 Å². The van der Waals surface area contributed by atoms with Crippen molar-refractivity contribution in [3.63, 3.8) is 0 Å². The van der Waals surface area contributed by atoms with Gasteiger partial charge >= 0.3 is 0 Å². The number of hydrogen-bond acceptors (Lipinski definition) is 6. The molecule has 1 aliphatic carbocycles. The lowest BCUT2D eigenvalue weighted by atomic mass is 9.93. The molecule has 4 N–H and O–H groups in total. The largest absolute Gasteiger partial charge is 0.365 e. The Morgan fingerprint density at radius 3 is 2.38 bits per heavy atom. The van der Waals surface area contributed by atoms with Crippen LogP contribution in [0.15, 0.2) is 76.7 Å². The Balaban J connectivity index is 1.69. The summed E-state index contributed by atoms with van der Waals surface area (Å²) in [6.45, 7) is 5.07. The second-order valence-corrected chi connectivity index (χ2v) is 10.9. The van der Waals surface area contributed by atoms with Crippen molar-refractivity contribution in [2.24, 2.45) is 10.8 Å². The van der Waals surface area contributed by atoms with Gasteiger partial charge in [-0.15, -0.1) is 11.8 Å². The van der Waals surface area contributed by atoms with Gasteiger partial charge in [0.25, 0.3) is 11.8 Å². The maximum atomic E-state index is 13.2. The fourth-order valence-corrected chi connectivity index (χ4v) is 5.13. The Morgan fingerprint density at radius 1 is 1.00 bits per heavy atom. The van der Waals surface area contributed by atoms with E-state index < -0.39 is 11.8 Å². The molecule has 10 heteroatoms. The van der Waals surface area contributed by atoms with E-state index >= 15 is 0 Å². The zero-order chi connectivity index (χ0) is 28.8. The van der Waals surface area contributed by atoms with E-state index in [0.717, 1.165) is 46.0 Å². The molecule has 0 heterocycles. The van der Waals surface area contributed by atoms with Crippen LogP contribution in [0.3, 0.4) is 0 Å². The quantitative estimate of drug-likeness (QED) is 0.157. The summed E-state index contributed by atoms with van der Waals surface area (Å²) in [6.07, 6.45) is 3.66. The van der Waals surface area contributed by atoms with Crippen molar-refractivity contribution < 1.29 is 14.4 Å². The first-order chi connectivity index (χ1) is 19.2. The van der Waals surface area contributed by atoms with E-state index in [1.165, 1.54) is 13.0 Å². The van der Waals surface area contributed by atoms with Gasteiger partial charge in [-0.25, -0.2) is 5.01 Å². The summed E-state index contributed by atoms with van der Waals surface area (Å²) in [5.41, 5.74) is 10.5. The maximum absolute atomic E-state index is 13.2. The van der Waals surface area contributed by atoms with Crippen LogP contribution in [0.25, 0.3) is 5.70 Å². The highest BCUT2D eigenvalue weighted by Crippen LogP contribution is 2.36. The number of rotatable bonds is 9. The molecule has 0 atom stereocenters. The van der Waals surface area contributed by atoms with Gasteiger partial charge in [0, 0.05) is 28.8 Å². The molecule has 0 saturated heterocycles. The zero-order valence-electron chi connectivity index (χ0n) is 22.5. The average molecular weight is 576 g/mol. The highest BCUT2D eigenvalue weighted by Gasteiger charge is 2.22. The molecule has 0 bridgehead atoms. The summed E-state index contributed by atoms with van der Waals surface area (Å²) in [5, 5.41) is 12.1. The minimum absolute atomic E-state index is 0.165. The first kappa shape index (κ1) is 28.9. The highest BCUT2D eigenvalue weighted by atomic mass is 35.5. The fourth-order valence-electron chi connectivity index (χ4n) is 4.26. The van der Waals surface area contributed by atoms with Gasteiger partial charge in [0.1, 0.15) is 5.71 Å². The third kappa shape index (κ3) is 6.91. The number of nitrogens with one attached hydrogen (secondary N) is 2. The van der Waals surface area contributed by atoms with Crippen LogP contribution in [-0.4, -0.2) is 29.2 Å². The second kappa shape index (κ2) is 12.8. The Hall–Kier alpha value is -4.08. The lowest BCUT2D eigenvalue weighted by Gasteiger charge is -2.28. The van der Waals surface area contributed by atoms with Gasteiger partial charge in [-0.05, 0) is 85.7 Å². The van der Waals surface area contributed by atoms with Crippen molar-refractivity contribution >= 4 is 69.6 Å². The molecule has 0 spiro atoms. The lowest BCUT2D eigenvalue weighted by Crippen LogP contribution is -2.26. The Morgan fingerprint density at radius 2 is 1.70 bits per heavy atom. The minimum atomic E-state index is -0.612. The number of allylic oxidation sites excluding steroid dienone is 1. The molecule has 0 fully saturated rings. The van der Waals surface area contributed by atoms with Gasteiger partial charge in [0.2, 0.25) is 5.91 Å². The van der Waals surface area contributed by atoms with Crippen molar-refractivity contribution in [3.05, 3.63) is 88.5 Å². The smallest absolute Gasteiger partial charge is 0.264 e. The Labute approximate surface area is 242 Å². The molecule has 40 heavy (non-hydrogen) atoms. The number of aryl methyl sites for hydroxylation is 1. The predicted molar refractivity (Wildman–Crippen MR) is 164 cm³/mol. The number of carbonyl (C=O) groups is 3. The standard InChI is InChI=1S/C30H30ClN5O3S/c1-4-40-24-13-11-23(12-14-24)36(35-18(2)29(32)38)28-7-5-6-20-8-9-22(16-25(20)28)34-30(39)26-17-21(33-19(3)37)10-15-27(26)31/h7-17H,4-6H2,1-3H3,(H2,32,38)(H,33,37)(H,34,39)/b35-18+. The average Bonchev–Trinajstić information content (AvgIpc) is 2.92. The highest BCUT2D eigenvalue weighted by molar-refractivity contribution is 7.99. The molecule has 0 unspecified atom stereocenters. The van der Waals surface area contributed by atoms with Crippen LogP contribution in [0.1, 0.15) is 48.7 Å². The van der Waals surface area contributed by atoms with Crippen LogP contribution in [0.2, 0.25) is 5.02 Å². The third-order valence-electron chi connectivity index (χ3n) is 6.15. The third-order valence-corrected chi connectivity index (χ3v) is 7.38. The number of hydrogen-bond donors (Lipinski definition) is 3. The predicted octanol–water partition coefficient (Wildman–Crippen LogP) is 6.32. The molecule has 206 valence electrons. The molecular weight excluding hydrogens is 546 g/mol. The number of fused-ring (bicyclic) bond motifs is 1. The van der Waals surface area contributed by atoms with Crippen LogP contribution >= 0.6 is 23.4 Å². The van der Waals surface area contributed by atoms with E-state index in [9.17, 15) is 14.4 Å². The van der Waals surface area contributed by atoms with Crippen LogP contribution < -0.4 is 21.4 Å². The molecule has 0 radical (unpaired) electrons. The Kier molecular flexibility index (Phi) is 9.29. The first-order valence-electron chi connectivity index (χ1n) is 12.8. The van der Waals surface area contributed by atoms with Crippen LogP contribution in [0, 0.1) is 0 Å². The molecule has 1 aliphatic rings. The number of nitrogens with two attached hydrogens (primary N) is 1. The number of hydrazone groups is 1. The summed E-state index contributed by atoms with van der Waals surface area (Å²) >= 11 is 8.04. The molecule has 3 aromatic rings. The summed E-state index contributed by atoms with van der Waals surface area (Å²) < 4.78 is 0. The topological polar surface area (TPSA) is 117 Å². The summed E-state index contributed by atoms with van der Waals surface area (Å²) in [7, 11) is 0. The molecule has 3 aromatic carbocycles.